The van der Waals surface area contributed by atoms with E-state index in [4.69, 9.17) is 0 Å². The van der Waals surface area contributed by atoms with Crippen molar-refractivity contribution in [2.45, 2.75) is 38.9 Å². The molecule has 27 heavy (non-hydrogen) atoms. The molecule has 1 aromatic carbocycles. The predicted octanol–water partition coefficient (Wildman–Crippen LogP) is 3.99. The maximum Gasteiger partial charge on any atom is 0.416 e. The Hall–Kier alpha value is -2.35. The highest BCUT2D eigenvalue weighted by Gasteiger charge is 2.31. The number of benzene rings is 1. The van der Waals surface area contributed by atoms with E-state index in [0.717, 1.165) is 49.2 Å². The molecule has 0 bridgehead atoms. The number of rotatable bonds is 3. The first kappa shape index (κ1) is 19.4. The number of likely N-dealkylation sites (tertiary alicyclic amines) is 1. The number of likely N-dealkylation sites (N-methyl/N-ethyl adjacent to an activating group) is 1. The molecule has 1 unspecified atom stereocenters. The van der Waals surface area contributed by atoms with Gasteiger partial charge in [0.15, 0.2) is 5.82 Å². The van der Waals surface area contributed by atoms with Crippen LogP contribution < -0.4 is 5.32 Å². The fraction of sp³-hybridized carbons (Fsp3) is 0.474. The highest BCUT2D eigenvalue weighted by molar-refractivity contribution is 5.72. The SMILES string of the molecule is Cc1c(NC2CCCN(C)C2)nnc(-c2ccc(C(F)(F)F)cc2O)c1C. The smallest absolute Gasteiger partial charge is 0.416 e. The number of hydrogen-bond donors (Lipinski definition) is 2. The van der Waals surface area contributed by atoms with Crippen LogP contribution >= 0.6 is 0 Å². The van der Waals surface area contributed by atoms with Crippen LogP contribution in [-0.2, 0) is 6.18 Å². The van der Waals surface area contributed by atoms with Gasteiger partial charge in [-0.1, -0.05) is 0 Å². The molecule has 146 valence electrons. The molecule has 8 heteroatoms. The van der Waals surface area contributed by atoms with E-state index in [1.165, 1.54) is 6.07 Å². The van der Waals surface area contributed by atoms with Crippen molar-refractivity contribution in [2.24, 2.45) is 0 Å². The molecule has 5 nitrogen and oxygen atoms in total. The Bertz CT molecular complexity index is 838. The van der Waals surface area contributed by atoms with Crippen LogP contribution in [0.1, 0.15) is 29.5 Å². The monoisotopic (exact) mass is 380 g/mol. The first-order chi connectivity index (χ1) is 12.7. The van der Waals surface area contributed by atoms with E-state index < -0.39 is 17.5 Å². The number of aromatic hydroxyl groups is 1. The number of alkyl halides is 3. The molecular formula is C19H23F3N4O. The fourth-order valence-electron chi connectivity index (χ4n) is 3.38. The molecular weight excluding hydrogens is 357 g/mol. The molecule has 0 saturated carbocycles. The van der Waals surface area contributed by atoms with Crippen LogP contribution in [0.3, 0.4) is 0 Å². The number of halogens is 3. The van der Waals surface area contributed by atoms with E-state index in [9.17, 15) is 18.3 Å². The summed E-state index contributed by atoms with van der Waals surface area (Å²) in [5, 5.41) is 21.9. The summed E-state index contributed by atoms with van der Waals surface area (Å²) in [5.41, 5.74) is 1.36. The zero-order chi connectivity index (χ0) is 19.8. The number of hydrogen-bond acceptors (Lipinski definition) is 5. The molecule has 2 aromatic rings. The van der Waals surface area contributed by atoms with Gasteiger partial charge in [0.1, 0.15) is 5.75 Å². The van der Waals surface area contributed by atoms with E-state index in [1.807, 2.05) is 13.8 Å². The van der Waals surface area contributed by atoms with E-state index in [0.29, 0.717) is 11.5 Å². The van der Waals surface area contributed by atoms with Crippen molar-refractivity contribution < 1.29 is 18.3 Å². The Balaban J connectivity index is 1.89. The second-order valence-corrected chi connectivity index (χ2v) is 7.12. The van der Waals surface area contributed by atoms with Gasteiger partial charge in [-0.2, -0.15) is 13.2 Å². The van der Waals surface area contributed by atoms with Crippen molar-refractivity contribution in [1.29, 1.82) is 0 Å². The summed E-state index contributed by atoms with van der Waals surface area (Å²) in [5.74, 6) is 0.208. The maximum absolute atomic E-state index is 12.8. The van der Waals surface area contributed by atoms with Crippen molar-refractivity contribution in [1.82, 2.24) is 15.1 Å². The van der Waals surface area contributed by atoms with Gasteiger partial charge in [0, 0.05) is 18.2 Å². The van der Waals surface area contributed by atoms with Crippen LogP contribution in [-0.4, -0.2) is 46.4 Å². The quantitative estimate of drug-likeness (QED) is 0.843. The molecule has 1 aliphatic heterocycles. The first-order valence-electron chi connectivity index (χ1n) is 8.86. The van der Waals surface area contributed by atoms with Gasteiger partial charge >= 0.3 is 6.18 Å². The number of nitrogens with zero attached hydrogens (tertiary/aromatic N) is 3. The highest BCUT2D eigenvalue weighted by Crippen LogP contribution is 2.37. The van der Waals surface area contributed by atoms with Crippen LogP contribution in [0, 0.1) is 13.8 Å². The predicted molar refractivity (Wildman–Crippen MR) is 97.8 cm³/mol. The molecule has 2 heterocycles. The van der Waals surface area contributed by atoms with Gasteiger partial charge in [0.05, 0.1) is 11.3 Å². The van der Waals surface area contributed by atoms with Crippen molar-refractivity contribution in [2.75, 3.05) is 25.5 Å². The average molecular weight is 380 g/mol. The Morgan fingerprint density at radius 1 is 1.19 bits per heavy atom. The van der Waals surface area contributed by atoms with Gasteiger partial charge in [-0.25, -0.2) is 0 Å². The minimum atomic E-state index is -4.51. The zero-order valence-electron chi connectivity index (χ0n) is 15.6. The molecule has 3 rings (SSSR count). The molecule has 1 aliphatic rings. The summed E-state index contributed by atoms with van der Waals surface area (Å²) in [6.45, 7) is 5.72. The van der Waals surface area contributed by atoms with Crippen molar-refractivity contribution in [3.8, 4) is 17.0 Å². The van der Waals surface area contributed by atoms with E-state index in [2.05, 4.69) is 27.5 Å². The minimum absolute atomic E-state index is 0.236. The van der Waals surface area contributed by atoms with Gasteiger partial charge < -0.3 is 15.3 Å². The largest absolute Gasteiger partial charge is 0.507 e. The lowest BCUT2D eigenvalue weighted by Gasteiger charge is -2.31. The summed E-state index contributed by atoms with van der Waals surface area (Å²) in [4.78, 5) is 2.26. The standard InChI is InChI=1S/C19H23F3N4O/c1-11-12(2)18(23-14-5-4-8-26(3)10-14)25-24-17(11)15-7-6-13(9-16(15)27)19(20,21)22/h6-7,9,14,27H,4-5,8,10H2,1-3H3,(H,23,25). The van der Waals surface area contributed by atoms with Crippen LogP contribution in [0.25, 0.3) is 11.3 Å². The van der Waals surface area contributed by atoms with Gasteiger partial charge in [-0.15, -0.1) is 10.2 Å². The van der Waals surface area contributed by atoms with E-state index in [-0.39, 0.29) is 11.6 Å². The first-order valence-corrected chi connectivity index (χ1v) is 8.86. The Morgan fingerprint density at radius 2 is 1.93 bits per heavy atom. The van der Waals surface area contributed by atoms with Gasteiger partial charge in [-0.05, 0) is 69.6 Å². The summed E-state index contributed by atoms with van der Waals surface area (Å²) >= 11 is 0. The van der Waals surface area contributed by atoms with E-state index in [1.54, 1.807) is 0 Å². The lowest BCUT2D eigenvalue weighted by molar-refractivity contribution is -0.137. The Morgan fingerprint density at radius 3 is 2.56 bits per heavy atom. The number of phenolic OH excluding ortho intramolecular Hbond substituents is 1. The molecule has 1 saturated heterocycles. The van der Waals surface area contributed by atoms with Crippen LogP contribution in [0.4, 0.5) is 19.0 Å². The van der Waals surface area contributed by atoms with Crippen LogP contribution in [0.15, 0.2) is 18.2 Å². The number of nitrogens with one attached hydrogen (secondary N) is 1. The Kier molecular flexibility index (Phi) is 5.28. The third-order valence-electron chi connectivity index (χ3n) is 5.07. The van der Waals surface area contributed by atoms with Crippen molar-refractivity contribution in [3.05, 3.63) is 34.9 Å². The lowest BCUT2D eigenvalue weighted by atomic mass is 10.0. The summed E-state index contributed by atoms with van der Waals surface area (Å²) < 4.78 is 38.4. The number of piperidine rings is 1. The van der Waals surface area contributed by atoms with Crippen molar-refractivity contribution in [3.63, 3.8) is 0 Å². The highest BCUT2D eigenvalue weighted by atomic mass is 19.4. The second kappa shape index (κ2) is 7.34. The zero-order valence-corrected chi connectivity index (χ0v) is 15.6. The average Bonchev–Trinajstić information content (AvgIpc) is 2.59. The lowest BCUT2D eigenvalue weighted by Crippen LogP contribution is -2.40. The molecule has 1 atom stereocenters. The molecule has 2 N–H and O–H groups in total. The number of aromatic nitrogens is 2. The summed E-state index contributed by atoms with van der Waals surface area (Å²) in [6.07, 6.45) is -2.35. The fourth-order valence-corrected chi connectivity index (χ4v) is 3.38. The van der Waals surface area contributed by atoms with Gasteiger partial charge in [0.25, 0.3) is 0 Å². The number of anilines is 1. The van der Waals surface area contributed by atoms with E-state index >= 15 is 0 Å². The number of phenols is 1. The molecule has 0 amide bonds. The molecule has 1 fully saturated rings. The molecule has 0 spiro atoms. The molecule has 1 aromatic heterocycles. The summed E-state index contributed by atoms with van der Waals surface area (Å²) in [7, 11) is 2.08. The van der Waals surface area contributed by atoms with Crippen LogP contribution in [0.2, 0.25) is 0 Å². The van der Waals surface area contributed by atoms with Crippen molar-refractivity contribution >= 4 is 5.82 Å². The minimum Gasteiger partial charge on any atom is -0.507 e. The third kappa shape index (κ3) is 4.16. The molecule has 0 aliphatic carbocycles. The normalized spacial score (nSPS) is 18.5. The van der Waals surface area contributed by atoms with Gasteiger partial charge in [0.2, 0.25) is 0 Å². The topological polar surface area (TPSA) is 61.3 Å². The van der Waals surface area contributed by atoms with Gasteiger partial charge in [-0.3, -0.25) is 0 Å². The second-order valence-electron chi connectivity index (χ2n) is 7.12. The third-order valence-corrected chi connectivity index (χ3v) is 5.07. The molecule has 0 radical (unpaired) electrons. The maximum atomic E-state index is 12.8. The Labute approximate surface area is 156 Å². The van der Waals surface area contributed by atoms with Crippen LogP contribution in [0.5, 0.6) is 5.75 Å². The summed E-state index contributed by atoms with van der Waals surface area (Å²) in [6, 6.07) is 3.17.